The van der Waals surface area contributed by atoms with Gasteiger partial charge in [-0.2, -0.15) is 0 Å². The lowest BCUT2D eigenvalue weighted by Crippen LogP contribution is -2.52. The number of hydrogen-bond donors (Lipinski definition) is 1. The molecule has 1 aliphatic rings. The van der Waals surface area contributed by atoms with Crippen molar-refractivity contribution in [1.82, 2.24) is 9.80 Å². The van der Waals surface area contributed by atoms with E-state index >= 15 is 0 Å². The predicted molar refractivity (Wildman–Crippen MR) is 82.2 cm³/mol. The highest BCUT2D eigenvalue weighted by atomic mass is 32.2. The lowest BCUT2D eigenvalue weighted by molar-refractivity contribution is -0.143. The Kier molecular flexibility index (Phi) is 6.02. The number of thioether (sulfide) groups is 1. The first-order valence-electron chi connectivity index (χ1n) is 7.14. The van der Waals surface area contributed by atoms with Crippen LogP contribution in [-0.2, 0) is 4.79 Å². The molecule has 0 spiro atoms. The maximum absolute atomic E-state index is 13.5. The summed E-state index contributed by atoms with van der Waals surface area (Å²) in [6.45, 7) is 5.92. The molecule has 1 N–H and O–H groups in total. The smallest absolute Gasteiger partial charge is 0.320 e. The monoisotopic (exact) mass is 312 g/mol. The summed E-state index contributed by atoms with van der Waals surface area (Å²) in [6.07, 6.45) is 0. The number of benzene rings is 1. The number of carbonyl (C=O) groups is 1. The molecule has 0 aliphatic carbocycles. The molecule has 4 nitrogen and oxygen atoms in total. The van der Waals surface area contributed by atoms with Crippen molar-refractivity contribution in [2.75, 3.05) is 38.5 Å². The third kappa shape index (κ3) is 4.69. The Balaban J connectivity index is 1.70. The van der Waals surface area contributed by atoms with Gasteiger partial charge in [-0.15, -0.1) is 11.8 Å². The lowest BCUT2D eigenvalue weighted by Gasteiger charge is -2.36. The number of hydrogen-bond acceptors (Lipinski definition) is 4. The zero-order chi connectivity index (χ0) is 15.2. The summed E-state index contributed by atoms with van der Waals surface area (Å²) in [4.78, 5) is 15.9. The predicted octanol–water partition coefficient (Wildman–Crippen LogP) is 2.01. The minimum Gasteiger partial charge on any atom is -0.480 e. The van der Waals surface area contributed by atoms with Gasteiger partial charge in [0.05, 0.1) is 0 Å². The van der Waals surface area contributed by atoms with E-state index in [0.29, 0.717) is 4.90 Å². The van der Waals surface area contributed by atoms with Crippen molar-refractivity contribution in [3.8, 4) is 0 Å². The summed E-state index contributed by atoms with van der Waals surface area (Å²) in [5.74, 6) is -0.0868. The molecule has 0 aromatic heterocycles. The first-order chi connectivity index (χ1) is 10.1. The van der Waals surface area contributed by atoms with E-state index in [1.54, 1.807) is 19.1 Å². The summed E-state index contributed by atoms with van der Waals surface area (Å²) < 4.78 is 13.5. The minimum absolute atomic E-state index is 0.164. The van der Waals surface area contributed by atoms with Crippen LogP contribution >= 0.6 is 11.8 Å². The van der Waals surface area contributed by atoms with E-state index in [0.717, 1.165) is 38.5 Å². The Morgan fingerprint density at radius 2 is 2.00 bits per heavy atom. The second kappa shape index (κ2) is 7.77. The van der Waals surface area contributed by atoms with Crippen LogP contribution in [0.25, 0.3) is 0 Å². The van der Waals surface area contributed by atoms with Gasteiger partial charge in [-0.3, -0.25) is 14.6 Å². The zero-order valence-electron chi connectivity index (χ0n) is 12.2. The van der Waals surface area contributed by atoms with Crippen molar-refractivity contribution < 1.29 is 14.3 Å². The van der Waals surface area contributed by atoms with Crippen molar-refractivity contribution in [2.45, 2.75) is 17.9 Å². The third-order valence-electron chi connectivity index (χ3n) is 3.81. The number of carboxylic acid groups (broad SMARTS) is 1. The largest absolute Gasteiger partial charge is 0.480 e. The van der Waals surface area contributed by atoms with Crippen LogP contribution in [0, 0.1) is 5.82 Å². The van der Waals surface area contributed by atoms with Gasteiger partial charge in [0.15, 0.2) is 0 Å². The maximum atomic E-state index is 13.5. The summed E-state index contributed by atoms with van der Waals surface area (Å²) >= 11 is 1.53. The normalized spacial score (nSPS) is 18.6. The number of aliphatic carboxylic acids is 1. The fourth-order valence-electron chi connectivity index (χ4n) is 2.38. The Hall–Kier alpha value is -1.11. The van der Waals surface area contributed by atoms with Crippen LogP contribution in [0.1, 0.15) is 6.92 Å². The van der Waals surface area contributed by atoms with Crippen LogP contribution in [-0.4, -0.2) is 65.4 Å². The highest BCUT2D eigenvalue weighted by Gasteiger charge is 2.24. The number of piperazine rings is 1. The molecule has 0 radical (unpaired) electrons. The van der Waals surface area contributed by atoms with E-state index < -0.39 is 12.0 Å². The third-order valence-corrected chi connectivity index (χ3v) is 4.84. The molecular formula is C15H21FN2O2S. The van der Waals surface area contributed by atoms with Crippen LogP contribution in [0.2, 0.25) is 0 Å². The topological polar surface area (TPSA) is 43.8 Å². The summed E-state index contributed by atoms with van der Waals surface area (Å²) in [5.41, 5.74) is 0. The molecule has 1 heterocycles. The van der Waals surface area contributed by atoms with E-state index in [-0.39, 0.29) is 5.82 Å². The molecule has 2 rings (SSSR count). The van der Waals surface area contributed by atoms with Crippen molar-refractivity contribution >= 4 is 17.7 Å². The molecule has 1 aliphatic heterocycles. The molecule has 1 aromatic carbocycles. The van der Waals surface area contributed by atoms with Gasteiger partial charge in [-0.25, -0.2) is 4.39 Å². The molecule has 0 amide bonds. The van der Waals surface area contributed by atoms with Gasteiger partial charge in [-0.1, -0.05) is 12.1 Å². The average Bonchev–Trinajstić information content (AvgIpc) is 2.49. The zero-order valence-corrected chi connectivity index (χ0v) is 13.0. The van der Waals surface area contributed by atoms with Gasteiger partial charge in [0.25, 0.3) is 0 Å². The molecule has 116 valence electrons. The lowest BCUT2D eigenvalue weighted by atomic mass is 10.2. The molecule has 1 unspecified atom stereocenters. The van der Waals surface area contributed by atoms with Gasteiger partial charge in [0.1, 0.15) is 11.9 Å². The van der Waals surface area contributed by atoms with Gasteiger partial charge >= 0.3 is 5.97 Å². The number of halogens is 1. The quantitative estimate of drug-likeness (QED) is 0.814. The van der Waals surface area contributed by atoms with E-state index in [4.69, 9.17) is 5.11 Å². The standard InChI is InChI=1S/C15H21FN2O2S/c1-12(15(19)20)18-8-6-17(7-9-18)10-11-21-14-5-3-2-4-13(14)16/h2-5,12H,6-11H2,1H3,(H,19,20). The SMILES string of the molecule is CC(C(=O)O)N1CCN(CCSc2ccccc2F)CC1. The van der Waals surface area contributed by atoms with Crippen molar-refractivity contribution in [3.05, 3.63) is 30.1 Å². The van der Waals surface area contributed by atoms with Crippen LogP contribution in [0.15, 0.2) is 29.2 Å². The fraction of sp³-hybridized carbons (Fsp3) is 0.533. The fourth-order valence-corrected chi connectivity index (χ4v) is 3.33. The first-order valence-corrected chi connectivity index (χ1v) is 8.13. The van der Waals surface area contributed by atoms with Crippen molar-refractivity contribution in [1.29, 1.82) is 0 Å². The number of nitrogens with zero attached hydrogens (tertiary/aromatic N) is 2. The summed E-state index contributed by atoms with van der Waals surface area (Å²) in [5, 5.41) is 9.00. The Labute approximate surface area is 128 Å². The van der Waals surface area contributed by atoms with Gasteiger partial charge in [0, 0.05) is 43.4 Å². The van der Waals surface area contributed by atoms with Gasteiger partial charge < -0.3 is 5.11 Å². The average molecular weight is 312 g/mol. The molecule has 1 fully saturated rings. The highest BCUT2D eigenvalue weighted by Crippen LogP contribution is 2.21. The van der Waals surface area contributed by atoms with Crippen LogP contribution in [0.5, 0.6) is 0 Å². The summed E-state index contributed by atoms with van der Waals surface area (Å²) in [7, 11) is 0. The minimum atomic E-state index is -0.765. The molecule has 0 saturated carbocycles. The molecule has 1 aromatic rings. The number of carboxylic acids is 1. The number of rotatable bonds is 6. The van der Waals surface area contributed by atoms with Crippen molar-refractivity contribution in [2.24, 2.45) is 0 Å². The highest BCUT2D eigenvalue weighted by molar-refractivity contribution is 7.99. The van der Waals surface area contributed by atoms with Crippen LogP contribution in [0.4, 0.5) is 4.39 Å². The molecule has 21 heavy (non-hydrogen) atoms. The Morgan fingerprint density at radius 1 is 1.33 bits per heavy atom. The second-order valence-corrected chi connectivity index (χ2v) is 6.31. The van der Waals surface area contributed by atoms with Gasteiger partial charge in [0.2, 0.25) is 0 Å². The van der Waals surface area contributed by atoms with E-state index in [1.165, 1.54) is 17.8 Å². The van der Waals surface area contributed by atoms with Crippen LogP contribution < -0.4 is 0 Å². The van der Waals surface area contributed by atoms with Gasteiger partial charge in [-0.05, 0) is 19.1 Å². The van der Waals surface area contributed by atoms with E-state index in [2.05, 4.69) is 4.90 Å². The molecule has 1 saturated heterocycles. The first kappa shape index (κ1) is 16.3. The maximum Gasteiger partial charge on any atom is 0.320 e. The Bertz CT molecular complexity index is 478. The van der Waals surface area contributed by atoms with E-state index in [1.807, 2.05) is 11.0 Å². The molecule has 6 heteroatoms. The molecule has 0 bridgehead atoms. The Morgan fingerprint density at radius 3 is 2.62 bits per heavy atom. The van der Waals surface area contributed by atoms with Crippen molar-refractivity contribution in [3.63, 3.8) is 0 Å². The van der Waals surface area contributed by atoms with Crippen LogP contribution in [0.3, 0.4) is 0 Å². The second-order valence-electron chi connectivity index (χ2n) is 5.17. The molecule has 1 atom stereocenters. The summed E-state index contributed by atoms with van der Waals surface area (Å²) in [6, 6.07) is 6.40. The van der Waals surface area contributed by atoms with E-state index in [9.17, 15) is 9.18 Å². The molecular weight excluding hydrogens is 291 g/mol.